The summed E-state index contributed by atoms with van der Waals surface area (Å²) in [5.74, 6) is -14.2. The van der Waals surface area contributed by atoms with Crippen molar-refractivity contribution >= 4 is 108 Å². The summed E-state index contributed by atoms with van der Waals surface area (Å²) >= 11 is 0. The van der Waals surface area contributed by atoms with E-state index in [-0.39, 0.29) is 0 Å². The number of hydrogen-bond donors (Lipinski definition) is 6. The second-order valence-electron chi connectivity index (χ2n) is 25.1. The van der Waals surface area contributed by atoms with Crippen LogP contribution in [0.3, 0.4) is 0 Å². The fourth-order valence-electron chi connectivity index (χ4n) is 8.48. The second-order valence-corrected chi connectivity index (χ2v) is 25.1. The summed E-state index contributed by atoms with van der Waals surface area (Å²) in [4.78, 5) is 244. The van der Waals surface area contributed by atoms with Crippen LogP contribution in [0.2, 0.25) is 0 Å². The lowest BCUT2D eigenvalue weighted by Gasteiger charge is -2.48. The molecule has 0 aliphatic heterocycles. The molecular formula is C72H90N6O36. The minimum Gasteiger partial charge on any atom is -0.460 e. The van der Waals surface area contributed by atoms with Crippen LogP contribution in [0.1, 0.15) is 41.5 Å². The first-order valence-corrected chi connectivity index (χ1v) is 32.8. The Labute approximate surface area is 652 Å². The Morgan fingerprint density at radius 3 is 0.342 bits per heavy atom. The third-order valence-corrected chi connectivity index (χ3v) is 14.2. The monoisotopic (exact) mass is 1610 g/mol. The molecule has 0 bridgehead atoms. The molecule has 1 saturated carbocycles. The Morgan fingerprint density at radius 2 is 0.272 bits per heavy atom. The van der Waals surface area contributed by atoms with Crippen LogP contribution in [0.5, 0.6) is 0 Å². The number of rotatable bonds is 48. The first kappa shape index (κ1) is 98.1. The highest BCUT2D eigenvalue weighted by Gasteiger charge is 2.63. The molecule has 114 heavy (non-hydrogen) atoms. The van der Waals surface area contributed by atoms with Crippen molar-refractivity contribution in [2.24, 2.45) is 0 Å². The van der Waals surface area contributed by atoms with Crippen LogP contribution in [-0.2, 0) is 143 Å². The Morgan fingerprint density at radius 1 is 0.193 bits per heavy atom. The molecule has 6 amide bonds. The largest absolute Gasteiger partial charge is 0.460 e. The van der Waals surface area contributed by atoms with Gasteiger partial charge in [-0.3, -0.25) is 0 Å². The molecule has 0 aromatic carbocycles. The predicted molar refractivity (Wildman–Crippen MR) is 385 cm³/mol. The number of ether oxygens (including phenoxy) is 18. The Hall–Kier alpha value is -13.9. The molecule has 0 radical (unpaired) electrons. The van der Waals surface area contributed by atoms with E-state index in [4.69, 9.17) is 85.3 Å². The van der Waals surface area contributed by atoms with Gasteiger partial charge in [0, 0.05) is 72.9 Å². The highest BCUT2D eigenvalue weighted by atomic mass is 16.7. The molecule has 0 unspecified atom stereocenters. The fourth-order valence-corrected chi connectivity index (χ4v) is 8.48. The van der Waals surface area contributed by atoms with E-state index in [1.54, 1.807) is 0 Å². The van der Waals surface area contributed by atoms with Crippen molar-refractivity contribution in [1.29, 1.82) is 0 Å². The topological polar surface area (TPSA) is 546 Å². The van der Waals surface area contributed by atoms with E-state index in [0.29, 0.717) is 72.9 Å². The maximum Gasteiger partial charge on any atom is 0.408 e. The van der Waals surface area contributed by atoms with Crippen LogP contribution < -0.4 is 31.9 Å². The van der Waals surface area contributed by atoms with E-state index >= 15 is 28.8 Å². The molecule has 0 atom stereocenters. The highest BCUT2D eigenvalue weighted by Crippen LogP contribution is 2.36. The van der Waals surface area contributed by atoms with Gasteiger partial charge >= 0.3 is 108 Å². The summed E-state index contributed by atoms with van der Waals surface area (Å²) in [5.41, 5.74) is -13.6. The lowest BCUT2D eigenvalue weighted by Crippen LogP contribution is -2.72. The SMILES string of the molecule is C=CC(=O)OCC(C)(COC(=O)C=C)NC(=O)OC1C(OC(=O)NC(C)(COC(=O)C=C)COC(=O)C=C)C(OC(=O)NC(C)(COC(=O)C=C)COC(=O)C=C)C(OC(=O)NC(C)(COC(=O)C=C)COC(=O)C=C)C(OC(=O)NC(C)(COC(=O)C=C)COC(=O)C=C)C1OC(=O)NC(C)(COC(=O)C=C)COC(=O)C=C. The Kier molecular flexibility index (Phi) is 40.7. The maximum atomic E-state index is 15.3. The van der Waals surface area contributed by atoms with E-state index < -0.39 is 257 Å². The van der Waals surface area contributed by atoms with Gasteiger partial charge in [0.2, 0.25) is 0 Å². The molecule has 0 aromatic rings. The van der Waals surface area contributed by atoms with Crippen LogP contribution in [0, 0.1) is 0 Å². The van der Waals surface area contributed by atoms with Crippen LogP contribution in [0.4, 0.5) is 28.8 Å². The normalized spacial score (nSPS) is 15.5. The van der Waals surface area contributed by atoms with Gasteiger partial charge < -0.3 is 117 Å². The van der Waals surface area contributed by atoms with Crippen molar-refractivity contribution in [3.63, 3.8) is 0 Å². The van der Waals surface area contributed by atoms with E-state index in [9.17, 15) is 57.5 Å². The van der Waals surface area contributed by atoms with Gasteiger partial charge in [0.25, 0.3) is 0 Å². The molecule has 1 aliphatic rings. The van der Waals surface area contributed by atoms with Gasteiger partial charge in [-0.1, -0.05) is 78.9 Å². The van der Waals surface area contributed by atoms with Crippen molar-refractivity contribution in [2.75, 3.05) is 79.3 Å². The minimum absolute atomic E-state index is 0.655. The second kappa shape index (κ2) is 47.3. The molecule has 0 saturated heterocycles. The average molecular weight is 1620 g/mol. The number of esters is 12. The molecule has 42 nitrogen and oxygen atoms in total. The van der Waals surface area contributed by atoms with Crippen LogP contribution >= 0.6 is 0 Å². The molecule has 624 valence electrons. The first-order valence-electron chi connectivity index (χ1n) is 32.8. The number of nitrogens with one attached hydrogen (secondary N) is 6. The first-order chi connectivity index (χ1) is 53.4. The number of carbonyl (C=O) groups is 18. The predicted octanol–water partition coefficient (Wildman–Crippen LogP) is 1.87. The molecule has 0 heterocycles. The van der Waals surface area contributed by atoms with E-state index in [2.05, 4.69) is 111 Å². The van der Waals surface area contributed by atoms with E-state index in [0.717, 1.165) is 41.5 Å². The summed E-state index contributed by atoms with van der Waals surface area (Å²) in [6.07, 6.45) is -22.1. The van der Waals surface area contributed by atoms with Gasteiger partial charge in [0.15, 0.2) is 36.6 Å². The molecule has 1 aliphatic carbocycles. The quantitative estimate of drug-likeness (QED) is 0.0288. The molecule has 6 N–H and O–H groups in total. The summed E-state index contributed by atoms with van der Waals surface area (Å²) in [6.45, 7) is 33.6. The maximum absolute atomic E-state index is 15.3. The summed E-state index contributed by atoms with van der Waals surface area (Å²) in [6, 6.07) is 0. The van der Waals surface area contributed by atoms with Crippen molar-refractivity contribution in [3.05, 3.63) is 152 Å². The number of hydrogen-bond acceptors (Lipinski definition) is 36. The van der Waals surface area contributed by atoms with Gasteiger partial charge in [-0.15, -0.1) is 0 Å². The average Bonchev–Trinajstić information content (AvgIpc) is 0.751. The van der Waals surface area contributed by atoms with Gasteiger partial charge in [0.1, 0.15) is 113 Å². The standard InChI is InChI=1S/C72H90N6O36/c1-19-43(79)97-31-67(13,32-98-44(80)20-2)73-61(91)109-55-56(110-62(92)74-68(14,33-99-45(81)21-3)34-100-46(82)22-4)58(112-64(94)76-70(16,37-103-49(85)25-7)38-104-50(86)26-8)60(114-66(96)78-72(18,41-107-53(89)29-11)42-108-54(90)30-12)59(113-65(95)77-71(17,39-105-51(87)27-9)40-106-52(88)28-10)57(55)111-63(93)75-69(15,35-101-47(83)23-5)36-102-48(84)24-6/h19-30,55-60H,1-12,31-42H2,13-18H3,(H,73,91)(H,74,92)(H,75,93)(H,76,94)(H,77,95)(H,78,96). The molecule has 0 spiro atoms. The number of amides is 6. The van der Waals surface area contributed by atoms with Crippen molar-refractivity contribution in [1.82, 2.24) is 31.9 Å². The zero-order valence-electron chi connectivity index (χ0n) is 63.1. The van der Waals surface area contributed by atoms with Crippen molar-refractivity contribution in [2.45, 2.75) is 111 Å². The smallest absolute Gasteiger partial charge is 0.408 e. The van der Waals surface area contributed by atoms with Crippen LogP contribution in [-0.4, -0.2) is 257 Å². The Bertz CT molecular complexity index is 2950. The number of carbonyl (C=O) groups excluding carboxylic acids is 18. The lowest BCUT2D eigenvalue weighted by atomic mass is 9.83. The lowest BCUT2D eigenvalue weighted by molar-refractivity contribution is -0.222. The molecule has 42 heteroatoms. The minimum atomic E-state index is -3.04. The third kappa shape index (κ3) is 36.1. The Balaban J connectivity index is 5.57. The molecule has 0 aromatic heterocycles. The molecule has 1 rings (SSSR count). The van der Waals surface area contributed by atoms with E-state index in [1.807, 2.05) is 0 Å². The van der Waals surface area contributed by atoms with Gasteiger partial charge in [0.05, 0.1) is 0 Å². The van der Waals surface area contributed by atoms with Gasteiger partial charge in [-0.05, 0) is 41.5 Å². The van der Waals surface area contributed by atoms with Crippen molar-refractivity contribution < 1.29 is 172 Å². The summed E-state index contributed by atoms with van der Waals surface area (Å²) in [7, 11) is 0. The molecule has 1 fully saturated rings. The summed E-state index contributed by atoms with van der Waals surface area (Å²) < 4.78 is 98.7. The summed E-state index contributed by atoms with van der Waals surface area (Å²) in [5, 5.41) is 13.3. The van der Waals surface area contributed by atoms with Crippen LogP contribution in [0.25, 0.3) is 0 Å². The zero-order chi connectivity index (χ0) is 86.8. The molecular weight excluding hydrogens is 1520 g/mol. The van der Waals surface area contributed by atoms with Crippen LogP contribution in [0.15, 0.2) is 152 Å². The van der Waals surface area contributed by atoms with E-state index in [1.165, 1.54) is 0 Å². The number of alkyl carbamates (subject to hydrolysis) is 6. The fraction of sp³-hybridized carbons (Fsp3) is 0.417. The zero-order valence-corrected chi connectivity index (χ0v) is 63.1. The third-order valence-electron chi connectivity index (χ3n) is 14.2. The van der Waals surface area contributed by atoms with Gasteiger partial charge in [-0.2, -0.15) is 0 Å². The highest BCUT2D eigenvalue weighted by molar-refractivity contribution is 5.86. The van der Waals surface area contributed by atoms with Crippen molar-refractivity contribution in [3.8, 4) is 0 Å². The van der Waals surface area contributed by atoms with Gasteiger partial charge in [-0.25, -0.2) is 86.3 Å².